The van der Waals surface area contributed by atoms with E-state index < -0.39 is 0 Å². The van der Waals surface area contributed by atoms with Crippen molar-refractivity contribution in [2.75, 3.05) is 4.90 Å². The van der Waals surface area contributed by atoms with E-state index in [-0.39, 0.29) is 5.91 Å². The minimum absolute atomic E-state index is 0.0141. The fourth-order valence-corrected chi connectivity index (χ4v) is 8.75. The van der Waals surface area contributed by atoms with E-state index in [2.05, 4.69) is 30.1 Å². The third-order valence-electron chi connectivity index (χ3n) is 6.81. The summed E-state index contributed by atoms with van der Waals surface area (Å²) in [6.07, 6.45) is 8.73. The molecule has 0 N–H and O–H groups in total. The molecule has 6 rings (SSSR count). The van der Waals surface area contributed by atoms with E-state index in [0.29, 0.717) is 4.75 Å². The lowest BCUT2D eigenvalue weighted by molar-refractivity contribution is -0.115. The minimum Gasteiger partial charge on any atom is -0.274 e. The lowest BCUT2D eigenvalue weighted by atomic mass is 9.56. The molecule has 28 heavy (non-hydrogen) atoms. The number of aryl methyl sites for hydroxylation is 1. The highest BCUT2D eigenvalue weighted by Gasteiger charge is 2.51. The van der Waals surface area contributed by atoms with Crippen LogP contribution < -0.4 is 4.90 Å². The molecule has 4 bridgehead atoms. The normalized spacial score (nSPS) is 30.6. The van der Waals surface area contributed by atoms with Crippen LogP contribution in [0.15, 0.2) is 29.6 Å². The molecular formula is C23H28N2OS2. The Morgan fingerprint density at radius 1 is 1.21 bits per heavy atom. The average Bonchev–Trinajstić information content (AvgIpc) is 3.07. The van der Waals surface area contributed by atoms with Crippen LogP contribution >= 0.6 is 23.1 Å². The van der Waals surface area contributed by atoms with E-state index in [1.54, 1.807) is 23.2 Å². The van der Waals surface area contributed by atoms with Crippen molar-refractivity contribution in [3.63, 3.8) is 0 Å². The van der Waals surface area contributed by atoms with Gasteiger partial charge in [-0.2, -0.15) is 0 Å². The molecule has 0 radical (unpaired) electrons. The van der Waals surface area contributed by atoms with Crippen LogP contribution in [0.5, 0.6) is 0 Å². The summed E-state index contributed by atoms with van der Waals surface area (Å²) in [7, 11) is 0. The number of aromatic nitrogens is 1. The zero-order valence-corrected chi connectivity index (χ0v) is 18.3. The highest BCUT2D eigenvalue weighted by Crippen LogP contribution is 2.61. The van der Waals surface area contributed by atoms with Crippen LogP contribution in [0.4, 0.5) is 10.8 Å². The zero-order valence-electron chi connectivity index (χ0n) is 16.7. The molecule has 1 aromatic carbocycles. The van der Waals surface area contributed by atoms with Crippen molar-refractivity contribution in [3.8, 4) is 0 Å². The molecule has 1 amide bonds. The van der Waals surface area contributed by atoms with Crippen LogP contribution in [-0.2, 0) is 10.5 Å². The number of carbonyl (C=O) groups is 1. The summed E-state index contributed by atoms with van der Waals surface area (Å²) in [5.41, 5.74) is 3.18. The Morgan fingerprint density at radius 2 is 1.89 bits per heavy atom. The third-order valence-corrected chi connectivity index (χ3v) is 9.24. The maximum absolute atomic E-state index is 12.3. The molecular weight excluding hydrogens is 384 g/mol. The first-order chi connectivity index (χ1) is 13.5. The standard InChI is InChI=1S/C23H28N2OS2/c1-15-4-3-5-21(6-15)25(16(2)26)22-24-20(13-27-22)14-28-23-10-17-7-18(11-23)9-19(8-17)12-23/h3-6,13,17-19H,7-12,14H2,1-2H3. The molecule has 1 heterocycles. The number of hydrogen-bond acceptors (Lipinski definition) is 4. The van der Waals surface area contributed by atoms with Gasteiger partial charge in [0.05, 0.1) is 11.4 Å². The first-order valence-electron chi connectivity index (χ1n) is 10.5. The number of anilines is 2. The second-order valence-electron chi connectivity index (χ2n) is 9.20. The maximum Gasteiger partial charge on any atom is 0.230 e. The van der Waals surface area contributed by atoms with Gasteiger partial charge in [0, 0.05) is 22.8 Å². The molecule has 0 saturated heterocycles. The number of thiazole rings is 1. The Hall–Kier alpha value is -1.33. The molecule has 2 aromatic rings. The van der Waals surface area contributed by atoms with Gasteiger partial charge in [-0.05, 0) is 80.9 Å². The predicted molar refractivity (Wildman–Crippen MR) is 118 cm³/mol. The monoisotopic (exact) mass is 412 g/mol. The maximum atomic E-state index is 12.3. The lowest BCUT2D eigenvalue weighted by Gasteiger charge is -2.56. The van der Waals surface area contributed by atoms with Crippen molar-refractivity contribution >= 4 is 39.8 Å². The SMILES string of the molecule is CC(=O)N(c1cccc(C)c1)c1nc(CSC23CC4CC(CC(C4)C2)C3)cs1. The van der Waals surface area contributed by atoms with E-state index in [1.807, 2.05) is 18.2 Å². The number of hydrogen-bond donors (Lipinski definition) is 0. The number of amides is 1. The van der Waals surface area contributed by atoms with Gasteiger partial charge in [0.2, 0.25) is 5.91 Å². The summed E-state index contributed by atoms with van der Waals surface area (Å²) >= 11 is 3.74. The third kappa shape index (κ3) is 3.52. The first-order valence-corrected chi connectivity index (χ1v) is 12.3. The summed E-state index contributed by atoms with van der Waals surface area (Å²) in [6.45, 7) is 3.67. The second-order valence-corrected chi connectivity index (χ2v) is 11.5. The largest absolute Gasteiger partial charge is 0.274 e. The van der Waals surface area contributed by atoms with E-state index >= 15 is 0 Å². The molecule has 0 atom stereocenters. The van der Waals surface area contributed by atoms with Crippen molar-refractivity contribution in [3.05, 3.63) is 40.9 Å². The molecule has 1 aromatic heterocycles. The number of carbonyl (C=O) groups excluding carboxylic acids is 1. The van der Waals surface area contributed by atoms with Gasteiger partial charge in [0.25, 0.3) is 0 Å². The Bertz CT molecular complexity index is 855. The lowest BCUT2D eigenvalue weighted by Crippen LogP contribution is -2.48. The van der Waals surface area contributed by atoms with Gasteiger partial charge in [-0.1, -0.05) is 12.1 Å². The number of benzene rings is 1. The van der Waals surface area contributed by atoms with Gasteiger partial charge in [-0.3, -0.25) is 9.69 Å². The molecule has 4 fully saturated rings. The number of thioether (sulfide) groups is 1. The summed E-state index contributed by atoms with van der Waals surface area (Å²) < 4.78 is 0.509. The van der Waals surface area contributed by atoms with Crippen molar-refractivity contribution in [2.24, 2.45) is 17.8 Å². The molecule has 0 aliphatic heterocycles. The van der Waals surface area contributed by atoms with E-state index in [9.17, 15) is 4.79 Å². The average molecular weight is 413 g/mol. The summed E-state index contributed by atoms with van der Waals surface area (Å²) in [5, 5.41) is 2.94. The van der Waals surface area contributed by atoms with Crippen LogP contribution in [-0.4, -0.2) is 15.6 Å². The van der Waals surface area contributed by atoms with Crippen LogP contribution in [0.1, 0.15) is 56.7 Å². The fraction of sp³-hybridized carbons (Fsp3) is 0.565. The van der Waals surface area contributed by atoms with Crippen molar-refractivity contribution in [2.45, 2.75) is 62.9 Å². The minimum atomic E-state index is 0.0141. The first kappa shape index (κ1) is 18.7. The van der Waals surface area contributed by atoms with E-state index in [0.717, 1.165) is 45.6 Å². The van der Waals surface area contributed by atoms with Crippen LogP contribution in [0.25, 0.3) is 0 Å². The smallest absolute Gasteiger partial charge is 0.230 e. The Kier molecular flexibility index (Phi) is 4.79. The Labute approximate surface area is 175 Å². The van der Waals surface area contributed by atoms with Crippen LogP contribution in [0.2, 0.25) is 0 Å². The van der Waals surface area contributed by atoms with Gasteiger partial charge < -0.3 is 0 Å². The number of rotatable bonds is 5. The summed E-state index contributed by atoms with van der Waals surface area (Å²) in [5.74, 6) is 3.94. The fourth-order valence-electron chi connectivity index (χ4n) is 6.09. The van der Waals surface area contributed by atoms with Gasteiger partial charge >= 0.3 is 0 Å². The van der Waals surface area contributed by atoms with E-state index in [4.69, 9.17) is 4.98 Å². The highest BCUT2D eigenvalue weighted by molar-refractivity contribution is 7.99. The van der Waals surface area contributed by atoms with Crippen molar-refractivity contribution in [1.29, 1.82) is 0 Å². The van der Waals surface area contributed by atoms with Gasteiger partial charge in [-0.25, -0.2) is 4.98 Å². The van der Waals surface area contributed by atoms with Crippen LogP contribution in [0, 0.1) is 24.7 Å². The Balaban J connectivity index is 1.31. The molecule has 3 nitrogen and oxygen atoms in total. The molecule has 4 aliphatic carbocycles. The molecule has 148 valence electrons. The molecule has 4 aliphatic rings. The zero-order chi connectivity index (χ0) is 19.3. The highest BCUT2D eigenvalue weighted by atomic mass is 32.2. The molecule has 5 heteroatoms. The van der Waals surface area contributed by atoms with Gasteiger partial charge in [0.15, 0.2) is 5.13 Å². The summed E-state index contributed by atoms with van der Waals surface area (Å²) in [4.78, 5) is 18.9. The van der Waals surface area contributed by atoms with Gasteiger partial charge in [-0.15, -0.1) is 23.1 Å². The van der Waals surface area contributed by atoms with Crippen molar-refractivity contribution < 1.29 is 4.79 Å². The van der Waals surface area contributed by atoms with Crippen LogP contribution in [0.3, 0.4) is 0 Å². The predicted octanol–water partition coefficient (Wildman–Crippen LogP) is 6.34. The van der Waals surface area contributed by atoms with Gasteiger partial charge in [0.1, 0.15) is 0 Å². The molecule has 4 saturated carbocycles. The van der Waals surface area contributed by atoms with Crippen molar-refractivity contribution in [1.82, 2.24) is 4.98 Å². The molecule has 0 spiro atoms. The Morgan fingerprint density at radius 3 is 2.50 bits per heavy atom. The quantitative estimate of drug-likeness (QED) is 0.574. The second kappa shape index (κ2) is 7.17. The number of nitrogens with zero attached hydrogens (tertiary/aromatic N) is 2. The molecule has 0 unspecified atom stereocenters. The van der Waals surface area contributed by atoms with E-state index in [1.165, 1.54) is 38.5 Å². The summed E-state index contributed by atoms with van der Waals surface area (Å²) in [6, 6.07) is 8.08. The topological polar surface area (TPSA) is 33.2 Å².